The molecule has 1 N–H and O–H groups in total. The molecular formula is C12H26N2O. The second kappa shape index (κ2) is 5.28. The molecule has 0 spiro atoms. The summed E-state index contributed by atoms with van der Waals surface area (Å²) in [5.41, 5.74) is -0.520. The molecule has 15 heavy (non-hydrogen) atoms. The molecule has 0 bridgehead atoms. The predicted octanol–water partition coefficient (Wildman–Crippen LogP) is 1.17. The van der Waals surface area contributed by atoms with Gasteiger partial charge in [-0.1, -0.05) is 13.8 Å². The molecule has 2 atom stereocenters. The van der Waals surface area contributed by atoms with Crippen LogP contribution in [0.3, 0.4) is 0 Å². The Bertz CT molecular complexity index is 194. The molecule has 1 aliphatic heterocycles. The van der Waals surface area contributed by atoms with Crippen LogP contribution >= 0.6 is 0 Å². The molecule has 0 aliphatic carbocycles. The van der Waals surface area contributed by atoms with Crippen LogP contribution in [0.1, 0.15) is 33.6 Å². The first-order valence-electron chi connectivity index (χ1n) is 6.13. The Labute approximate surface area is 94.1 Å². The minimum Gasteiger partial charge on any atom is -0.389 e. The minimum absolute atomic E-state index is 0.520. The lowest BCUT2D eigenvalue weighted by molar-refractivity contribution is -0.00816. The highest BCUT2D eigenvalue weighted by molar-refractivity contribution is 4.83. The maximum Gasteiger partial charge on any atom is 0.0743 e. The molecule has 90 valence electrons. The van der Waals surface area contributed by atoms with E-state index in [1.807, 2.05) is 13.8 Å². The Balaban J connectivity index is 2.45. The Kier molecular flexibility index (Phi) is 4.56. The van der Waals surface area contributed by atoms with Gasteiger partial charge in [-0.25, -0.2) is 0 Å². The van der Waals surface area contributed by atoms with Crippen LogP contribution in [-0.4, -0.2) is 59.8 Å². The van der Waals surface area contributed by atoms with Crippen molar-refractivity contribution in [3.63, 3.8) is 0 Å². The number of aliphatic hydroxyl groups is 1. The molecule has 3 heteroatoms. The van der Waals surface area contributed by atoms with Crippen molar-refractivity contribution in [2.45, 2.75) is 45.3 Å². The highest BCUT2D eigenvalue weighted by atomic mass is 16.3. The van der Waals surface area contributed by atoms with E-state index in [-0.39, 0.29) is 0 Å². The largest absolute Gasteiger partial charge is 0.389 e. The molecule has 3 nitrogen and oxygen atoms in total. The van der Waals surface area contributed by atoms with Gasteiger partial charge in [0.25, 0.3) is 0 Å². The molecule has 0 aromatic carbocycles. The lowest BCUT2D eigenvalue weighted by atomic mass is 10.0. The number of β-amino-alcohol motifs (C(OH)–C–C–N with tert-alkyl or cyclic N) is 1. The zero-order valence-electron chi connectivity index (χ0n) is 10.7. The first kappa shape index (κ1) is 12.9. The van der Waals surface area contributed by atoms with Crippen molar-refractivity contribution in [3.8, 4) is 0 Å². The summed E-state index contributed by atoms with van der Waals surface area (Å²) in [6.07, 6.45) is 2.03. The number of likely N-dealkylation sites (N-methyl/N-ethyl adjacent to an activating group) is 1. The third-order valence-corrected chi connectivity index (χ3v) is 3.66. The van der Waals surface area contributed by atoms with Crippen molar-refractivity contribution < 1.29 is 5.11 Å². The molecule has 0 aromatic heterocycles. The van der Waals surface area contributed by atoms with Gasteiger partial charge in [-0.2, -0.15) is 0 Å². The van der Waals surface area contributed by atoms with Gasteiger partial charge in [-0.05, 0) is 26.8 Å². The summed E-state index contributed by atoms with van der Waals surface area (Å²) in [6.45, 7) is 10.3. The Morgan fingerprint density at radius 2 is 2.00 bits per heavy atom. The van der Waals surface area contributed by atoms with Crippen LogP contribution in [0.25, 0.3) is 0 Å². The predicted molar refractivity (Wildman–Crippen MR) is 64.1 cm³/mol. The molecule has 0 aromatic rings. The number of rotatable bonds is 4. The third kappa shape index (κ3) is 3.74. The molecule has 1 saturated heterocycles. The van der Waals surface area contributed by atoms with E-state index in [0.717, 1.165) is 32.6 Å². The summed E-state index contributed by atoms with van der Waals surface area (Å²) >= 11 is 0. The number of nitrogens with zero attached hydrogens (tertiary/aromatic N) is 2. The zero-order chi connectivity index (χ0) is 11.5. The van der Waals surface area contributed by atoms with E-state index in [9.17, 15) is 5.11 Å². The highest BCUT2D eigenvalue weighted by Crippen LogP contribution is 2.16. The zero-order valence-corrected chi connectivity index (χ0v) is 10.7. The fourth-order valence-corrected chi connectivity index (χ4v) is 2.19. The van der Waals surface area contributed by atoms with Crippen molar-refractivity contribution in [3.05, 3.63) is 0 Å². The fourth-order valence-electron chi connectivity index (χ4n) is 2.19. The first-order valence-corrected chi connectivity index (χ1v) is 6.13. The van der Waals surface area contributed by atoms with E-state index in [1.165, 1.54) is 6.42 Å². The SMILES string of the molecule is CCC1CN(CC(C)(O)CC)CCN1C. The van der Waals surface area contributed by atoms with E-state index >= 15 is 0 Å². The van der Waals surface area contributed by atoms with Crippen LogP contribution in [-0.2, 0) is 0 Å². The molecule has 0 amide bonds. The Hall–Kier alpha value is -0.120. The summed E-state index contributed by atoms with van der Waals surface area (Å²) in [6, 6.07) is 0.659. The Morgan fingerprint density at radius 1 is 1.33 bits per heavy atom. The van der Waals surface area contributed by atoms with E-state index in [0.29, 0.717) is 6.04 Å². The van der Waals surface area contributed by atoms with Crippen molar-refractivity contribution in [1.82, 2.24) is 9.80 Å². The molecule has 1 heterocycles. The second-order valence-corrected chi connectivity index (χ2v) is 5.13. The molecule has 0 radical (unpaired) electrons. The summed E-state index contributed by atoms with van der Waals surface area (Å²) in [7, 11) is 2.20. The van der Waals surface area contributed by atoms with Gasteiger partial charge in [-0.15, -0.1) is 0 Å². The van der Waals surface area contributed by atoms with Crippen molar-refractivity contribution >= 4 is 0 Å². The van der Waals surface area contributed by atoms with Gasteiger partial charge in [0.15, 0.2) is 0 Å². The quantitative estimate of drug-likeness (QED) is 0.761. The lowest BCUT2D eigenvalue weighted by Gasteiger charge is -2.41. The lowest BCUT2D eigenvalue weighted by Crippen LogP contribution is -2.54. The van der Waals surface area contributed by atoms with Crippen LogP contribution < -0.4 is 0 Å². The molecule has 1 rings (SSSR count). The van der Waals surface area contributed by atoms with Crippen molar-refractivity contribution in [1.29, 1.82) is 0 Å². The van der Waals surface area contributed by atoms with Gasteiger partial charge in [0.2, 0.25) is 0 Å². The topological polar surface area (TPSA) is 26.7 Å². The fraction of sp³-hybridized carbons (Fsp3) is 1.00. The minimum atomic E-state index is -0.520. The highest BCUT2D eigenvalue weighted by Gasteiger charge is 2.27. The van der Waals surface area contributed by atoms with Crippen LogP contribution in [0.5, 0.6) is 0 Å². The van der Waals surface area contributed by atoms with Gasteiger partial charge in [-0.3, -0.25) is 4.90 Å². The second-order valence-electron chi connectivity index (χ2n) is 5.13. The van der Waals surface area contributed by atoms with Gasteiger partial charge < -0.3 is 10.0 Å². The normalized spacial score (nSPS) is 29.0. The van der Waals surface area contributed by atoms with Crippen molar-refractivity contribution in [2.24, 2.45) is 0 Å². The summed E-state index contributed by atoms with van der Waals surface area (Å²) in [4.78, 5) is 4.83. The smallest absolute Gasteiger partial charge is 0.0743 e. The summed E-state index contributed by atoms with van der Waals surface area (Å²) in [5, 5.41) is 10.0. The number of hydrogen-bond donors (Lipinski definition) is 1. The number of piperazine rings is 1. The van der Waals surface area contributed by atoms with Gasteiger partial charge in [0.05, 0.1) is 5.60 Å². The molecule has 0 saturated carbocycles. The standard InChI is InChI=1S/C12H26N2O/c1-5-11-9-14(8-7-13(11)4)10-12(3,15)6-2/h11,15H,5-10H2,1-4H3. The van der Waals surface area contributed by atoms with Gasteiger partial charge in [0, 0.05) is 32.2 Å². The molecule has 1 aliphatic rings. The van der Waals surface area contributed by atoms with Gasteiger partial charge >= 0.3 is 0 Å². The van der Waals surface area contributed by atoms with E-state index in [1.54, 1.807) is 0 Å². The first-order chi connectivity index (χ1) is 6.98. The monoisotopic (exact) mass is 214 g/mol. The van der Waals surface area contributed by atoms with E-state index in [4.69, 9.17) is 0 Å². The average Bonchev–Trinajstić information content (AvgIpc) is 2.20. The summed E-state index contributed by atoms with van der Waals surface area (Å²) in [5.74, 6) is 0. The third-order valence-electron chi connectivity index (χ3n) is 3.66. The van der Waals surface area contributed by atoms with Crippen LogP contribution in [0, 0.1) is 0 Å². The van der Waals surface area contributed by atoms with Crippen molar-refractivity contribution in [2.75, 3.05) is 33.2 Å². The Morgan fingerprint density at radius 3 is 2.53 bits per heavy atom. The molecule has 1 fully saturated rings. The summed E-state index contributed by atoms with van der Waals surface area (Å²) < 4.78 is 0. The maximum atomic E-state index is 10.0. The number of hydrogen-bond acceptors (Lipinski definition) is 3. The van der Waals surface area contributed by atoms with E-state index < -0.39 is 5.60 Å². The molecular weight excluding hydrogens is 188 g/mol. The molecule has 2 unspecified atom stereocenters. The van der Waals surface area contributed by atoms with Gasteiger partial charge in [0.1, 0.15) is 0 Å². The van der Waals surface area contributed by atoms with Crippen LogP contribution in [0.15, 0.2) is 0 Å². The van der Waals surface area contributed by atoms with Crippen LogP contribution in [0.2, 0.25) is 0 Å². The maximum absolute atomic E-state index is 10.0. The van der Waals surface area contributed by atoms with E-state index in [2.05, 4.69) is 23.8 Å². The average molecular weight is 214 g/mol. The van der Waals surface area contributed by atoms with Crippen LogP contribution in [0.4, 0.5) is 0 Å².